The number of benzene rings is 3. The fourth-order valence-corrected chi connectivity index (χ4v) is 3.05. The van der Waals surface area contributed by atoms with E-state index in [1.807, 2.05) is 74.5 Å². The Labute approximate surface area is 141 Å². The van der Waals surface area contributed by atoms with Gasteiger partial charge in [-0.05, 0) is 47.2 Å². The van der Waals surface area contributed by atoms with Crippen LogP contribution in [0.3, 0.4) is 0 Å². The first-order valence-corrected chi connectivity index (χ1v) is 7.86. The van der Waals surface area contributed by atoms with E-state index in [0.29, 0.717) is 11.1 Å². The second kappa shape index (κ2) is 6.63. The maximum absolute atomic E-state index is 11.7. The van der Waals surface area contributed by atoms with Crippen LogP contribution in [0.15, 0.2) is 60.7 Å². The van der Waals surface area contributed by atoms with Crippen LogP contribution in [0.5, 0.6) is 0 Å². The summed E-state index contributed by atoms with van der Waals surface area (Å²) in [5.41, 5.74) is 6.66. The maximum Gasteiger partial charge on any atom is 0.151 e. The van der Waals surface area contributed by atoms with Gasteiger partial charge in [-0.3, -0.25) is 9.59 Å². The molecule has 3 aromatic rings. The van der Waals surface area contributed by atoms with Gasteiger partial charge in [-0.2, -0.15) is 0 Å². The summed E-state index contributed by atoms with van der Waals surface area (Å²) in [6.07, 6.45) is 1.56. The van der Waals surface area contributed by atoms with Crippen LogP contribution in [0, 0.1) is 13.8 Å². The van der Waals surface area contributed by atoms with Crippen molar-refractivity contribution in [1.82, 2.24) is 0 Å². The third-order valence-corrected chi connectivity index (χ3v) is 4.47. The predicted octanol–water partition coefficient (Wildman–Crippen LogP) is 5.26. The van der Waals surface area contributed by atoms with E-state index in [0.717, 1.165) is 46.0 Å². The van der Waals surface area contributed by atoms with E-state index in [1.54, 1.807) is 0 Å². The quantitative estimate of drug-likeness (QED) is 0.615. The van der Waals surface area contributed by atoms with Crippen molar-refractivity contribution in [1.29, 1.82) is 0 Å². The second-order valence-electron chi connectivity index (χ2n) is 5.84. The molecule has 3 rings (SSSR count). The normalized spacial score (nSPS) is 10.4. The van der Waals surface area contributed by atoms with E-state index in [4.69, 9.17) is 0 Å². The molecule has 0 bridgehead atoms. The Balaban J connectivity index is 2.34. The molecular weight excluding hydrogens is 296 g/mol. The molecule has 0 atom stereocenters. The number of hydrogen-bond donors (Lipinski definition) is 0. The van der Waals surface area contributed by atoms with Gasteiger partial charge in [0, 0.05) is 11.1 Å². The molecule has 0 fully saturated rings. The summed E-state index contributed by atoms with van der Waals surface area (Å²) in [5, 5.41) is 0. The molecule has 0 aromatic heterocycles. The number of hydrogen-bond acceptors (Lipinski definition) is 2. The first-order valence-electron chi connectivity index (χ1n) is 7.86. The lowest BCUT2D eigenvalue weighted by Crippen LogP contribution is -2.01. The van der Waals surface area contributed by atoms with Gasteiger partial charge in [0.15, 0.2) is 12.6 Å². The molecule has 0 radical (unpaired) electrons. The number of aryl methyl sites for hydroxylation is 1. The van der Waals surface area contributed by atoms with Crippen molar-refractivity contribution in [2.45, 2.75) is 13.8 Å². The minimum atomic E-state index is 0.455. The average molecular weight is 314 g/mol. The Morgan fingerprint density at radius 1 is 0.667 bits per heavy atom. The van der Waals surface area contributed by atoms with Gasteiger partial charge < -0.3 is 0 Å². The number of carbonyl (C=O) groups excluding carboxylic acids is 2. The molecule has 0 aliphatic rings. The van der Waals surface area contributed by atoms with Crippen LogP contribution >= 0.6 is 0 Å². The van der Waals surface area contributed by atoms with Crippen molar-refractivity contribution in [2.24, 2.45) is 0 Å². The van der Waals surface area contributed by atoms with Crippen LogP contribution in [0.2, 0.25) is 0 Å². The van der Waals surface area contributed by atoms with Gasteiger partial charge in [0.2, 0.25) is 0 Å². The first-order chi connectivity index (χ1) is 11.7. The van der Waals surface area contributed by atoms with Crippen LogP contribution in [0.1, 0.15) is 31.8 Å². The summed E-state index contributed by atoms with van der Waals surface area (Å²) in [4.78, 5) is 23.3. The average Bonchev–Trinajstić information content (AvgIpc) is 2.64. The molecule has 2 nitrogen and oxygen atoms in total. The van der Waals surface area contributed by atoms with E-state index in [9.17, 15) is 9.59 Å². The van der Waals surface area contributed by atoms with Crippen LogP contribution in [0.4, 0.5) is 0 Å². The molecule has 0 N–H and O–H groups in total. The largest absolute Gasteiger partial charge is 0.298 e. The Hall–Kier alpha value is -3.00. The van der Waals surface area contributed by atoms with Gasteiger partial charge in [-0.25, -0.2) is 0 Å². The van der Waals surface area contributed by atoms with E-state index >= 15 is 0 Å². The molecule has 118 valence electrons. The van der Waals surface area contributed by atoms with Crippen molar-refractivity contribution < 1.29 is 9.59 Å². The van der Waals surface area contributed by atoms with Crippen molar-refractivity contribution >= 4 is 12.6 Å². The van der Waals surface area contributed by atoms with Gasteiger partial charge in [-0.1, -0.05) is 60.7 Å². The fraction of sp³-hybridized carbons (Fsp3) is 0.0909. The van der Waals surface area contributed by atoms with Gasteiger partial charge >= 0.3 is 0 Å². The molecule has 0 amide bonds. The molecule has 0 saturated heterocycles. The highest BCUT2D eigenvalue weighted by molar-refractivity contribution is 6.01. The molecule has 0 saturated carbocycles. The highest BCUT2D eigenvalue weighted by atomic mass is 16.1. The smallest absolute Gasteiger partial charge is 0.151 e. The van der Waals surface area contributed by atoms with E-state index < -0.39 is 0 Å². The van der Waals surface area contributed by atoms with Crippen LogP contribution < -0.4 is 0 Å². The molecule has 0 aliphatic heterocycles. The van der Waals surface area contributed by atoms with Gasteiger partial charge in [0.25, 0.3) is 0 Å². The Morgan fingerprint density at radius 3 is 1.88 bits per heavy atom. The standard InChI is InChI=1S/C22H18O2/c1-15-12-20(22(14-24)21(13-23)16(15)2)19-11-7-6-10-18(19)17-8-4-3-5-9-17/h3-14H,1-2H3. The van der Waals surface area contributed by atoms with Crippen molar-refractivity contribution in [3.8, 4) is 22.3 Å². The highest BCUT2D eigenvalue weighted by Crippen LogP contribution is 2.36. The highest BCUT2D eigenvalue weighted by Gasteiger charge is 2.16. The van der Waals surface area contributed by atoms with Crippen molar-refractivity contribution in [3.05, 3.63) is 82.9 Å². The Morgan fingerprint density at radius 2 is 1.25 bits per heavy atom. The zero-order chi connectivity index (χ0) is 17.1. The minimum Gasteiger partial charge on any atom is -0.298 e. The summed E-state index contributed by atoms with van der Waals surface area (Å²) in [5.74, 6) is 0. The molecule has 0 heterocycles. The summed E-state index contributed by atoms with van der Waals surface area (Å²) >= 11 is 0. The maximum atomic E-state index is 11.7. The van der Waals surface area contributed by atoms with Gasteiger partial charge in [-0.15, -0.1) is 0 Å². The molecule has 0 unspecified atom stereocenters. The van der Waals surface area contributed by atoms with E-state index in [-0.39, 0.29) is 0 Å². The number of carbonyl (C=O) groups is 2. The number of rotatable bonds is 4. The SMILES string of the molecule is Cc1cc(-c2ccccc2-c2ccccc2)c(C=O)c(C=O)c1C. The van der Waals surface area contributed by atoms with Gasteiger partial charge in [0.1, 0.15) is 0 Å². The molecule has 0 aliphatic carbocycles. The minimum absolute atomic E-state index is 0.455. The summed E-state index contributed by atoms with van der Waals surface area (Å²) in [6.45, 7) is 3.84. The molecule has 0 spiro atoms. The van der Waals surface area contributed by atoms with Crippen molar-refractivity contribution in [2.75, 3.05) is 0 Å². The lowest BCUT2D eigenvalue weighted by molar-refractivity contribution is 0.109. The third-order valence-electron chi connectivity index (χ3n) is 4.47. The van der Waals surface area contributed by atoms with Crippen LogP contribution in [0.25, 0.3) is 22.3 Å². The summed E-state index contributed by atoms with van der Waals surface area (Å²) in [6, 6.07) is 20.0. The van der Waals surface area contributed by atoms with E-state index in [2.05, 4.69) is 0 Å². The first kappa shape index (κ1) is 15.9. The lowest BCUT2D eigenvalue weighted by atomic mass is 9.87. The van der Waals surface area contributed by atoms with Crippen LogP contribution in [-0.4, -0.2) is 12.6 Å². The zero-order valence-corrected chi connectivity index (χ0v) is 13.7. The van der Waals surface area contributed by atoms with E-state index in [1.165, 1.54) is 0 Å². The summed E-state index contributed by atoms with van der Waals surface area (Å²) < 4.78 is 0. The third kappa shape index (κ3) is 2.67. The fourth-order valence-electron chi connectivity index (χ4n) is 3.05. The molecule has 2 heteroatoms. The van der Waals surface area contributed by atoms with Gasteiger partial charge in [0.05, 0.1) is 0 Å². The topological polar surface area (TPSA) is 34.1 Å². The summed E-state index contributed by atoms with van der Waals surface area (Å²) in [7, 11) is 0. The molecular formula is C22H18O2. The number of aldehydes is 2. The molecule has 3 aromatic carbocycles. The lowest BCUT2D eigenvalue weighted by Gasteiger charge is -2.16. The Kier molecular flexibility index (Phi) is 4.39. The molecule has 24 heavy (non-hydrogen) atoms. The van der Waals surface area contributed by atoms with Crippen molar-refractivity contribution in [3.63, 3.8) is 0 Å². The zero-order valence-electron chi connectivity index (χ0n) is 13.7. The predicted molar refractivity (Wildman–Crippen MR) is 97.6 cm³/mol. The Bertz CT molecular complexity index is 909. The van der Waals surface area contributed by atoms with Crippen LogP contribution in [-0.2, 0) is 0 Å². The monoisotopic (exact) mass is 314 g/mol. The second-order valence-corrected chi connectivity index (χ2v) is 5.84.